The number of aromatic nitrogens is 3. The van der Waals surface area contributed by atoms with E-state index in [9.17, 15) is 0 Å². The number of nitrogens with one attached hydrogen (secondary N) is 1. The summed E-state index contributed by atoms with van der Waals surface area (Å²) in [6.07, 6.45) is 9.30. The second-order valence-corrected chi connectivity index (χ2v) is 6.81. The lowest BCUT2D eigenvalue weighted by molar-refractivity contribution is 0.409. The Hall–Kier alpha value is -2.46. The summed E-state index contributed by atoms with van der Waals surface area (Å²) >= 11 is 0. The predicted molar refractivity (Wildman–Crippen MR) is 99.2 cm³/mol. The zero-order valence-electron chi connectivity index (χ0n) is 14.6. The van der Waals surface area contributed by atoms with Crippen molar-refractivity contribution in [2.75, 3.05) is 0 Å². The Kier molecular flexibility index (Phi) is 4.61. The SMILES string of the molecule is C[C@H](N[C@@H]1CCCc2c1cnn2Cc1ccccc1)c1cccnc1. The highest BCUT2D eigenvalue weighted by atomic mass is 15.3. The Morgan fingerprint density at radius 3 is 2.84 bits per heavy atom. The molecule has 0 radical (unpaired) electrons. The van der Waals surface area contributed by atoms with Crippen LogP contribution in [0.5, 0.6) is 0 Å². The first-order valence-corrected chi connectivity index (χ1v) is 9.06. The zero-order valence-corrected chi connectivity index (χ0v) is 14.6. The highest BCUT2D eigenvalue weighted by Gasteiger charge is 2.25. The van der Waals surface area contributed by atoms with Crippen molar-refractivity contribution >= 4 is 0 Å². The summed E-state index contributed by atoms with van der Waals surface area (Å²) < 4.78 is 2.17. The summed E-state index contributed by atoms with van der Waals surface area (Å²) in [7, 11) is 0. The van der Waals surface area contributed by atoms with Crippen LogP contribution in [0, 0.1) is 0 Å². The lowest BCUT2D eigenvalue weighted by Gasteiger charge is -2.27. The number of pyridine rings is 1. The zero-order chi connectivity index (χ0) is 17.1. The maximum absolute atomic E-state index is 4.69. The Morgan fingerprint density at radius 1 is 1.16 bits per heavy atom. The van der Waals surface area contributed by atoms with E-state index in [1.807, 2.05) is 18.5 Å². The summed E-state index contributed by atoms with van der Waals surface area (Å²) in [4.78, 5) is 4.24. The van der Waals surface area contributed by atoms with E-state index in [0.29, 0.717) is 6.04 Å². The Labute approximate surface area is 148 Å². The van der Waals surface area contributed by atoms with Crippen molar-refractivity contribution in [1.29, 1.82) is 0 Å². The van der Waals surface area contributed by atoms with Crippen LogP contribution in [0.1, 0.15) is 54.2 Å². The van der Waals surface area contributed by atoms with E-state index in [1.54, 1.807) is 0 Å². The van der Waals surface area contributed by atoms with Gasteiger partial charge in [0.15, 0.2) is 0 Å². The van der Waals surface area contributed by atoms with Gasteiger partial charge in [0.1, 0.15) is 0 Å². The van der Waals surface area contributed by atoms with Crippen molar-refractivity contribution in [1.82, 2.24) is 20.1 Å². The Balaban J connectivity index is 1.53. The van der Waals surface area contributed by atoms with Crippen molar-refractivity contribution in [3.8, 4) is 0 Å². The summed E-state index contributed by atoms with van der Waals surface area (Å²) in [5, 5.41) is 8.46. The summed E-state index contributed by atoms with van der Waals surface area (Å²) in [6, 6.07) is 15.3. The van der Waals surface area contributed by atoms with Crippen molar-refractivity contribution < 1.29 is 0 Å². The van der Waals surface area contributed by atoms with E-state index in [2.05, 4.69) is 69.6 Å². The number of fused-ring (bicyclic) bond motifs is 1. The minimum atomic E-state index is 0.280. The standard InChI is InChI=1S/C21H24N4/c1-16(18-9-6-12-22-13-18)24-20-10-5-11-21-19(20)14-23-25(21)15-17-7-3-2-4-8-17/h2-4,6-9,12-14,16,20,24H,5,10-11,15H2,1H3/t16-,20+/m0/s1. The highest BCUT2D eigenvalue weighted by Crippen LogP contribution is 2.32. The molecule has 4 nitrogen and oxygen atoms in total. The van der Waals surface area contributed by atoms with Crippen LogP contribution < -0.4 is 5.32 Å². The van der Waals surface area contributed by atoms with Crippen molar-refractivity contribution in [3.05, 3.63) is 83.4 Å². The molecule has 1 aliphatic carbocycles. The van der Waals surface area contributed by atoms with Gasteiger partial charge in [-0.15, -0.1) is 0 Å². The minimum absolute atomic E-state index is 0.280. The molecular formula is C21H24N4. The molecule has 0 aliphatic heterocycles. The second-order valence-electron chi connectivity index (χ2n) is 6.81. The van der Waals surface area contributed by atoms with Crippen LogP contribution in [-0.2, 0) is 13.0 Å². The van der Waals surface area contributed by atoms with Gasteiger partial charge in [-0.2, -0.15) is 5.10 Å². The molecule has 25 heavy (non-hydrogen) atoms. The van der Waals surface area contributed by atoms with Crippen LogP contribution in [0.4, 0.5) is 0 Å². The average molecular weight is 332 g/mol. The van der Waals surface area contributed by atoms with Crippen molar-refractivity contribution in [2.24, 2.45) is 0 Å². The minimum Gasteiger partial charge on any atom is -0.303 e. The quantitative estimate of drug-likeness (QED) is 0.766. The molecule has 4 rings (SSSR count). The number of hydrogen-bond acceptors (Lipinski definition) is 3. The first kappa shape index (κ1) is 16.0. The fourth-order valence-electron chi connectivity index (χ4n) is 3.71. The summed E-state index contributed by atoms with van der Waals surface area (Å²) in [5.41, 5.74) is 5.27. The molecule has 0 bridgehead atoms. The predicted octanol–water partition coefficient (Wildman–Crippen LogP) is 4.05. The van der Waals surface area contributed by atoms with Crippen molar-refractivity contribution in [3.63, 3.8) is 0 Å². The molecule has 0 amide bonds. The van der Waals surface area contributed by atoms with Crippen LogP contribution in [0.15, 0.2) is 61.1 Å². The topological polar surface area (TPSA) is 42.7 Å². The van der Waals surface area contributed by atoms with E-state index in [0.717, 1.165) is 19.4 Å². The molecule has 1 aliphatic rings. The molecule has 0 saturated carbocycles. The van der Waals surface area contributed by atoms with E-state index in [4.69, 9.17) is 0 Å². The molecule has 1 aromatic carbocycles. The van der Waals surface area contributed by atoms with Gasteiger partial charge in [-0.05, 0) is 43.4 Å². The fourth-order valence-corrected chi connectivity index (χ4v) is 3.71. The molecule has 2 atom stereocenters. The van der Waals surface area contributed by atoms with Crippen LogP contribution in [0.25, 0.3) is 0 Å². The number of benzene rings is 1. The molecule has 1 N–H and O–H groups in total. The third kappa shape index (κ3) is 3.49. The third-order valence-corrected chi connectivity index (χ3v) is 5.07. The molecule has 128 valence electrons. The fraction of sp³-hybridized carbons (Fsp3) is 0.333. The van der Waals surface area contributed by atoms with Crippen LogP contribution in [0.3, 0.4) is 0 Å². The third-order valence-electron chi connectivity index (χ3n) is 5.07. The average Bonchev–Trinajstić information content (AvgIpc) is 3.07. The normalized spacial score (nSPS) is 17.9. The largest absolute Gasteiger partial charge is 0.303 e. The first-order chi connectivity index (χ1) is 12.3. The van der Waals surface area contributed by atoms with Gasteiger partial charge in [0.2, 0.25) is 0 Å². The van der Waals surface area contributed by atoms with Gasteiger partial charge in [0, 0.05) is 35.7 Å². The monoisotopic (exact) mass is 332 g/mol. The van der Waals surface area contributed by atoms with Crippen LogP contribution >= 0.6 is 0 Å². The molecule has 0 spiro atoms. The van der Waals surface area contributed by atoms with E-state index in [1.165, 1.54) is 28.8 Å². The van der Waals surface area contributed by atoms with Gasteiger partial charge in [-0.25, -0.2) is 0 Å². The highest BCUT2D eigenvalue weighted by molar-refractivity contribution is 5.27. The molecule has 0 unspecified atom stereocenters. The van der Waals surface area contributed by atoms with Crippen LogP contribution in [-0.4, -0.2) is 14.8 Å². The summed E-state index contributed by atoms with van der Waals surface area (Å²) in [5.74, 6) is 0. The maximum atomic E-state index is 4.69. The number of nitrogens with zero attached hydrogens (tertiary/aromatic N) is 3. The van der Waals surface area contributed by atoms with Gasteiger partial charge in [0.05, 0.1) is 12.7 Å². The van der Waals surface area contributed by atoms with Crippen molar-refractivity contribution in [2.45, 2.75) is 44.8 Å². The molecule has 4 heteroatoms. The van der Waals surface area contributed by atoms with Gasteiger partial charge in [-0.1, -0.05) is 36.4 Å². The maximum Gasteiger partial charge on any atom is 0.0662 e. The molecule has 0 fully saturated rings. The van der Waals surface area contributed by atoms with E-state index >= 15 is 0 Å². The number of hydrogen-bond donors (Lipinski definition) is 1. The molecule has 2 heterocycles. The van der Waals surface area contributed by atoms with Gasteiger partial charge in [-0.3, -0.25) is 9.67 Å². The van der Waals surface area contributed by atoms with Gasteiger partial charge >= 0.3 is 0 Å². The van der Waals surface area contributed by atoms with Gasteiger partial charge in [0.25, 0.3) is 0 Å². The molecule has 2 aromatic heterocycles. The van der Waals surface area contributed by atoms with E-state index < -0.39 is 0 Å². The molecule has 3 aromatic rings. The smallest absolute Gasteiger partial charge is 0.0662 e. The number of rotatable bonds is 5. The lowest BCUT2D eigenvalue weighted by Crippen LogP contribution is -2.28. The Morgan fingerprint density at radius 2 is 2.04 bits per heavy atom. The lowest BCUT2D eigenvalue weighted by atomic mass is 9.92. The Bertz CT molecular complexity index is 810. The van der Waals surface area contributed by atoms with E-state index in [-0.39, 0.29) is 6.04 Å². The molecular weight excluding hydrogens is 308 g/mol. The van der Waals surface area contributed by atoms with Gasteiger partial charge < -0.3 is 5.32 Å². The second kappa shape index (κ2) is 7.19. The first-order valence-electron chi connectivity index (χ1n) is 9.06. The molecule has 0 saturated heterocycles. The summed E-state index contributed by atoms with van der Waals surface area (Å²) in [6.45, 7) is 3.06. The van der Waals surface area contributed by atoms with Crippen LogP contribution in [0.2, 0.25) is 0 Å².